The Balaban J connectivity index is 1.85. The predicted octanol–water partition coefficient (Wildman–Crippen LogP) is 2.08. The second-order valence-corrected chi connectivity index (χ2v) is 3.58. The van der Waals surface area contributed by atoms with Gasteiger partial charge in [-0.2, -0.15) is 0 Å². The first-order chi connectivity index (χ1) is 7.45. The van der Waals surface area contributed by atoms with Crippen LogP contribution in [0.5, 0.6) is 0 Å². The molecule has 15 heavy (non-hydrogen) atoms. The molecule has 2 nitrogen and oxygen atoms in total. The fourth-order valence-corrected chi connectivity index (χ4v) is 1.56. The minimum atomic E-state index is 0.979. The van der Waals surface area contributed by atoms with Gasteiger partial charge in [-0.25, -0.2) is 0 Å². The van der Waals surface area contributed by atoms with Crippen molar-refractivity contribution in [2.45, 2.75) is 0 Å². The van der Waals surface area contributed by atoms with E-state index in [-0.39, 0.29) is 0 Å². The monoisotopic (exact) mass is 200 g/mol. The van der Waals surface area contributed by atoms with Crippen LogP contribution in [0, 0.1) is 0 Å². The van der Waals surface area contributed by atoms with Gasteiger partial charge in [0.25, 0.3) is 0 Å². The summed E-state index contributed by atoms with van der Waals surface area (Å²) in [5.41, 5.74) is 1.26. The molecule has 1 aromatic carbocycles. The minimum Gasteiger partial charge on any atom is -0.388 e. The smallest absolute Gasteiger partial charge is 0.0358 e. The number of hydrogen-bond acceptors (Lipinski definition) is 2. The van der Waals surface area contributed by atoms with Crippen molar-refractivity contribution in [2.75, 3.05) is 19.6 Å². The van der Waals surface area contributed by atoms with Crippen molar-refractivity contribution in [3.63, 3.8) is 0 Å². The first kappa shape index (κ1) is 9.84. The highest BCUT2D eigenvalue weighted by atomic mass is 15.1. The van der Waals surface area contributed by atoms with Crippen LogP contribution in [-0.2, 0) is 0 Å². The Morgan fingerprint density at radius 1 is 1.27 bits per heavy atom. The summed E-state index contributed by atoms with van der Waals surface area (Å²) >= 11 is 0. The fraction of sp³-hybridized carbons (Fsp3) is 0.231. The molecule has 0 atom stereocenters. The second kappa shape index (κ2) is 5.25. The van der Waals surface area contributed by atoms with Gasteiger partial charge in [-0.1, -0.05) is 42.5 Å². The van der Waals surface area contributed by atoms with Gasteiger partial charge in [0.15, 0.2) is 0 Å². The van der Waals surface area contributed by atoms with Crippen LogP contribution in [0.15, 0.2) is 48.8 Å². The summed E-state index contributed by atoms with van der Waals surface area (Å²) in [7, 11) is 0. The molecule has 0 fully saturated rings. The second-order valence-electron chi connectivity index (χ2n) is 3.58. The molecular formula is C13H16N2. The van der Waals surface area contributed by atoms with Gasteiger partial charge in [0, 0.05) is 32.0 Å². The van der Waals surface area contributed by atoms with Crippen LogP contribution >= 0.6 is 0 Å². The Morgan fingerprint density at radius 2 is 2.13 bits per heavy atom. The number of benzene rings is 1. The van der Waals surface area contributed by atoms with Crippen molar-refractivity contribution >= 4 is 6.08 Å². The Bertz CT molecular complexity index is 341. The summed E-state index contributed by atoms with van der Waals surface area (Å²) in [6.07, 6.45) is 8.46. The van der Waals surface area contributed by atoms with E-state index in [9.17, 15) is 0 Å². The van der Waals surface area contributed by atoms with Crippen molar-refractivity contribution < 1.29 is 0 Å². The zero-order valence-electron chi connectivity index (χ0n) is 8.76. The SMILES string of the molecule is C1=CN(C/C=C/c2ccccc2)CCN1. The first-order valence-corrected chi connectivity index (χ1v) is 5.31. The van der Waals surface area contributed by atoms with Gasteiger partial charge in [-0.3, -0.25) is 0 Å². The number of rotatable bonds is 3. The summed E-state index contributed by atoms with van der Waals surface area (Å²) in [5.74, 6) is 0. The predicted molar refractivity (Wildman–Crippen MR) is 64.2 cm³/mol. The number of hydrogen-bond donors (Lipinski definition) is 1. The van der Waals surface area contributed by atoms with E-state index >= 15 is 0 Å². The molecule has 0 amide bonds. The van der Waals surface area contributed by atoms with Crippen LogP contribution in [0.3, 0.4) is 0 Å². The van der Waals surface area contributed by atoms with Gasteiger partial charge in [0.2, 0.25) is 0 Å². The molecule has 0 saturated heterocycles. The molecule has 1 aromatic rings. The lowest BCUT2D eigenvalue weighted by molar-refractivity contribution is 0.396. The van der Waals surface area contributed by atoms with Gasteiger partial charge in [0.1, 0.15) is 0 Å². The molecule has 2 rings (SSSR count). The maximum absolute atomic E-state index is 3.18. The standard InChI is InChI=1S/C13H16N2/c1-2-5-13(6-3-1)7-4-10-15-11-8-14-9-12-15/h1-8,11,14H,9-10,12H2/b7-4+. The molecule has 1 aliphatic rings. The molecule has 0 unspecified atom stereocenters. The maximum atomic E-state index is 3.18. The molecular weight excluding hydrogens is 184 g/mol. The molecule has 2 heteroatoms. The van der Waals surface area contributed by atoms with Gasteiger partial charge in [-0.15, -0.1) is 0 Å². The first-order valence-electron chi connectivity index (χ1n) is 5.31. The van der Waals surface area contributed by atoms with Crippen molar-refractivity contribution in [2.24, 2.45) is 0 Å². The Labute approximate surface area is 90.9 Å². The summed E-state index contributed by atoms with van der Waals surface area (Å²) in [5, 5.41) is 3.18. The van der Waals surface area contributed by atoms with Crippen molar-refractivity contribution in [3.8, 4) is 0 Å². The summed E-state index contributed by atoms with van der Waals surface area (Å²) in [6, 6.07) is 10.4. The number of nitrogens with zero attached hydrogens (tertiary/aromatic N) is 1. The van der Waals surface area contributed by atoms with E-state index in [1.807, 2.05) is 12.3 Å². The van der Waals surface area contributed by atoms with Crippen molar-refractivity contribution in [1.82, 2.24) is 10.2 Å². The van der Waals surface area contributed by atoms with E-state index in [1.54, 1.807) is 0 Å². The van der Waals surface area contributed by atoms with Gasteiger partial charge in [0.05, 0.1) is 0 Å². The van der Waals surface area contributed by atoms with Crippen LogP contribution in [0.25, 0.3) is 6.08 Å². The van der Waals surface area contributed by atoms with Gasteiger partial charge >= 0.3 is 0 Å². The molecule has 0 bridgehead atoms. The van der Waals surface area contributed by atoms with Gasteiger partial charge < -0.3 is 10.2 Å². The van der Waals surface area contributed by atoms with Crippen LogP contribution < -0.4 is 5.32 Å². The highest BCUT2D eigenvalue weighted by Gasteiger charge is 1.98. The fourth-order valence-electron chi connectivity index (χ4n) is 1.56. The van der Waals surface area contributed by atoms with E-state index in [1.165, 1.54) is 5.56 Å². The average molecular weight is 200 g/mol. The van der Waals surface area contributed by atoms with Crippen LogP contribution in [-0.4, -0.2) is 24.5 Å². The Morgan fingerprint density at radius 3 is 2.87 bits per heavy atom. The van der Waals surface area contributed by atoms with Crippen LogP contribution in [0.4, 0.5) is 0 Å². The minimum absolute atomic E-state index is 0.979. The normalized spacial score (nSPS) is 15.6. The average Bonchev–Trinajstić information content (AvgIpc) is 2.32. The van der Waals surface area contributed by atoms with Gasteiger partial charge in [-0.05, 0) is 5.56 Å². The molecule has 1 N–H and O–H groups in total. The van der Waals surface area contributed by atoms with E-state index in [0.29, 0.717) is 0 Å². The summed E-state index contributed by atoms with van der Waals surface area (Å²) in [4.78, 5) is 2.29. The molecule has 0 radical (unpaired) electrons. The van der Waals surface area contributed by atoms with Crippen molar-refractivity contribution in [1.29, 1.82) is 0 Å². The third-order valence-electron chi connectivity index (χ3n) is 2.40. The zero-order chi connectivity index (χ0) is 10.3. The third-order valence-corrected chi connectivity index (χ3v) is 2.40. The zero-order valence-corrected chi connectivity index (χ0v) is 8.76. The highest BCUT2D eigenvalue weighted by molar-refractivity contribution is 5.48. The molecule has 0 aliphatic carbocycles. The molecule has 1 aliphatic heterocycles. The molecule has 0 aromatic heterocycles. The van der Waals surface area contributed by atoms with E-state index < -0.39 is 0 Å². The molecule has 1 heterocycles. The van der Waals surface area contributed by atoms with Crippen molar-refractivity contribution in [3.05, 3.63) is 54.4 Å². The van der Waals surface area contributed by atoms with E-state index in [4.69, 9.17) is 0 Å². The summed E-state index contributed by atoms with van der Waals surface area (Å²) < 4.78 is 0. The Kier molecular flexibility index (Phi) is 3.44. The van der Waals surface area contributed by atoms with Crippen LogP contribution in [0.2, 0.25) is 0 Å². The lowest BCUT2D eigenvalue weighted by atomic mass is 10.2. The van der Waals surface area contributed by atoms with E-state index in [0.717, 1.165) is 19.6 Å². The largest absolute Gasteiger partial charge is 0.388 e. The number of nitrogens with one attached hydrogen (secondary N) is 1. The van der Waals surface area contributed by atoms with Crippen LogP contribution in [0.1, 0.15) is 5.56 Å². The summed E-state index contributed by atoms with van der Waals surface area (Å²) in [6.45, 7) is 3.10. The topological polar surface area (TPSA) is 15.3 Å². The maximum Gasteiger partial charge on any atom is 0.0358 e. The van der Waals surface area contributed by atoms with E-state index in [2.05, 4.69) is 52.8 Å². The Hall–Kier alpha value is -1.70. The molecule has 0 spiro atoms. The highest BCUT2D eigenvalue weighted by Crippen LogP contribution is 2.02. The lowest BCUT2D eigenvalue weighted by Crippen LogP contribution is -2.31. The quantitative estimate of drug-likeness (QED) is 0.803. The lowest BCUT2D eigenvalue weighted by Gasteiger charge is -2.22. The molecule has 0 saturated carbocycles. The molecule has 78 valence electrons. The third kappa shape index (κ3) is 3.17.